The van der Waals surface area contributed by atoms with Crippen LogP contribution in [0.15, 0.2) is 34.4 Å². The highest BCUT2D eigenvalue weighted by Gasteiger charge is 2.25. The molecule has 0 aliphatic heterocycles. The minimum atomic E-state index is -0.933. The number of hydrogen-bond acceptors (Lipinski definition) is 2. The van der Waals surface area contributed by atoms with Crippen LogP contribution in [-0.4, -0.2) is 23.3 Å². The predicted molar refractivity (Wildman–Crippen MR) is 68.9 cm³/mol. The Morgan fingerprint density at radius 1 is 1.65 bits per heavy atom. The molecule has 1 saturated carbocycles. The molecular weight excluding hydrogens is 284 g/mol. The molecule has 0 bridgehead atoms. The van der Waals surface area contributed by atoms with Gasteiger partial charge in [-0.2, -0.15) is 0 Å². The second kappa shape index (κ2) is 5.19. The third-order valence-electron chi connectivity index (χ3n) is 2.81. The first-order valence-electron chi connectivity index (χ1n) is 5.71. The van der Waals surface area contributed by atoms with Crippen molar-refractivity contribution in [3.05, 3.63) is 34.4 Å². The van der Waals surface area contributed by atoms with E-state index in [1.54, 1.807) is 6.92 Å². The molecule has 2 aliphatic carbocycles. The maximum Gasteiger partial charge on any atom is 0.332 e. The highest BCUT2D eigenvalue weighted by molar-refractivity contribution is 9.11. The average molecular weight is 299 g/mol. The van der Waals surface area contributed by atoms with Gasteiger partial charge in [-0.1, -0.05) is 28.1 Å². The lowest BCUT2D eigenvalue weighted by molar-refractivity contribution is -0.150. The van der Waals surface area contributed by atoms with E-state index in [2.05, 4.69) is 22.0 Å². The molecule has 92 valence electrons. The SMILES string of the molecule is CC(OC1C=CC(Br)=CC1=CC1CC1)C(=O)O. The van der Waals surface area contributed by atoms with Crippen LogP contribution < -0.4 is 0 Å². The first-order chi connectivity index (χ1) is 8.06. The van der Waals surface area contributed by atoms with Crippen molar-refractivity contribution in [2.75, 3.05) is 0 Å². The summed E-state index contributed by atoms with van der Waals surface area (Å²) in [7, 11) is 0. The van der Waals surface area contributed by atoms with Gasteiger partial charge < -0.3 is 9.84 Å². The highest BCUT2D eigenvalue weighted by atomic mass is 79.9. The van der Waals surface area contributed by atoms with Crippen LogP contribution in [0.5, 0.6) is 0 Å². The van der Waals surface area contributed by atoms with Crippen LogP contribution in [-0.2, 0) is 9.53 Å². The molecule has 0 heterocycles. The molecule has 1 fully saturated rings. The second-order valence-electron chi connectivity index (χ2n) is 4.43. The van der Waals surface area contributed by atoms with Crippen molar-refractivity contribution in [3.63, 3.8) is 0 Å². The molecule has 1 N–H and O–H groups in total. The summed E-state index contributed by atoms with van der Waals surface area (Å²) < 4.78 is 6.52. The lowest BCUT2D eigenvalue weighted by Crippen LogP contribution is -2.27. The van der Waals surface area contributed by atoms with Gasteiger partial charge in [-0.05, 0) is 43.4 Å². The fourth-order valence-corrected chi connectivity index (χ4v) is 2.08. The molecule has 0 saturated heterocycles. The number of allylic oxidation sites excluding steroid dienone is 3. The van der Waals surface area contributed by atoms with Crippen molar-refractivity contribution >= 4 is 21.9 Å². The van der Waals surface area contributed by atoms with Gasteiger partial charge in [-0.15, -0.1) is 0 Å². The quantitative estimate of drug-likeness (QED) is 0.868. The Hall–Kier alpha value is -0.870. The molecule has 0 aromatic heterocycles. The molecule has 4 heteroatoms. The molecule has 0 radical (unpaired) electrons. The van der Waals surface area contributed by atoms with Gasteiger partial charge in [-0.25, -0.2) is 4.79 Å². The number of hydrogen-bond donors (Lipinski definition) is 1. The number of rotatable bonds is 4. The summed E-state index contributed by atoms with van der Waals surface area (Å²) in [5.74, 6) is -0.294. The molecule has 2 atom stereocenters. The minimum Gasteiger partial charge on any atom is -0.479 e. The Morgan fingerprint density at radius 2 is 2.35 bits per heavy atom. The van der Waals surface area contributed by atoms with Gasteiger partial charge in [0, 0.05) is 4.48 Å². The summed E-state index contributed by atoms with van der Waals surface area (Å²) in [6.45, 7) is 1.55. The van der Waals surface area contributed by atoms with Gasteiger partial charge in [0.1, 0.15) is 6.10 Å². The predicted octanol–water partition coefficient (Wildman–Crippen LogP) is 3.03. The van der Waals surface area contributed by atoms with Crippen LogP contribution in [0, 0.1) is 5.92 Å². The number of carboxylic acid groups (broad SMARTS) is 1. The Balaban J connectivity index is 2.09. The number of aliphatic carboxylic acids is 1. The summed E-state index contributed by atoms with van der Waals surface area (Å²) in [5.41, 5.74) is 1.05. The number of carbonyl (C=O) groups is 1. The van der Waals surface area contributed by atoms with Gasteiger partial charge in [-0.3, -0.25) is 0 Å². The summed E-state index contributed by atoms with van der Waals surface area (Å²) >= 11 is 3.42. The number of ether oxygens (including phenoxy) is 1. The van der Waals surface area contributed by atoms with E-state index in [0.717, 1.165) is 10.1 Å². The van der Waals surface area contributed by atoms with Crippen molar-refractivity contribution in [3.8, 4) is 0 Å². The molecular formula is C13H15BrO3. The van der Waals surface area contributed by atoms with E-state index in [4.69, 9.17) is 9.84 Å². The smallest absolute Gasteiger partial charge is 0.332 e. The first kappa shape index (κ1) is 12.6. The molecule has 0 spiro atoms. The molecule has 2 aliphatic rings. The Kier molecular flexibility index (Phi) is 3.84. The monoisotopic (exact) mass is 298 g/mol. The van der Waals surface area contributed by atoms with Crippen LogP contribution in [0.1, 0.15) is 19.8 Å². The Labute approximate surface area is 109 Å². The molecule has 3 nitrogen and oxygen atoms in total. The Bertz CT molecular complexity index is 405. The molecule has 17 heavy (non-hydrogen) atoms. The minimum absolute atomic E-state index is 0.247. The summed E-state index contributed by atoms with van der Waals surface area (Å²) in [4.78, 5) is 10.8. The summed E-state index contributed by atoms with van der Waals surface area (Å²) in [6.07, 6.45) is 9.36. The molecule has 2 unspecified atom stereocenters. The van der Waals surface area contributed by atoms with E-state index in [0.29, 0.717) is 5.92 Å². The lowest BCUT2D eigenvalue weighted by atomic mass is 10.0. The van der Waals surface area contributed by atoms with Crippen LogP contribution >= 0.6 is 15.9 Å². The van der Waals surface area contributed by atoms with E-state index in [1.807, 2.05) is 18.2 Å². The van der Waals surface area contributed by atoms with E-state index in [-0.39, 0.29) is 6.10 Å². The first-order valence-corrected chi connectivity index (χ1v) is 6.51. The van der Waals surface area contributed by atoms with Crippen molar-refractivity contribution in [1.82, 2.24) is 0 Å². The number of halogens is 1. The Morgan fingerprint density at radius 3 is 2.94 bits per heavy atom. The van der Waals surface area contributed by atoms with Gasteiger partial charge >= 0.3 is 5.97 Å². The van der Waals surface area contributed by atoms with Crippen molar-refractivity contribution < 1.29 is 14.6 Å². The standard InChI is InChI=1S/C13H15BrO3/c1-8(13(15)16)17-12-5-4-11(14)7-10(12)6-9-2-3-9/h4-9,12H,2-3H2,1H3,(H,15,16). The highest BCUT2D eigenvalue weighted by Crippen LogP contribution is 2.34. The zero-order chi connectivity index (χ0) is 12.4. The molecule has 0 aromatic rings. The largest absolute Gasteiger partial charge is 0.479 e. The van der Waals surface area contributed by atoms with Crippen molar-refractivity contribution in [1.29, 1.82) is 0 Å². The zero-order valence-corrected chi connectivity index (χ0v) is 11.2. The van der Waals surface area contributed by atoms with E-state index < -0.39 is 12.1 Å². The fraction of sp³-hybridized carbons (Fsp3) is 0.462. The van der Waals surface area contributed by atoms with Crippen LogP contribution in [0.25, 0.3) is 0 Å². The van der Waals surface area contributed by atoms with Gasteiger partial charge in [0.2, 0.25) is 0 Å². The molecule has 0 amide bonds. The maximum atomic E-state index is 10.8. The van der Waals surface area contributed by atoms with Crippen molar-refractivity contribution in [2.45, 2.75) is 32.0 Å². The maximum absolute atomic E-state index is 10.8. The van der Waals surface area contributed by atoms with E-state index in [9.17, 15) is 4.79 Å². The van der Waals surface area contributed by atoms with Crippen molar-refractivity contribution in [2.24, 2.45) is 5.92 Å². The second-order valence-corrected chi connectivity index (χ2v) is 5.35. The normalized spacial score (nSPS) is 28.0. The average Bonchev–Trinajstić information content (AvgIpc) is 3.05. The van der Waals surface area contributed by atoms with Gasteiger partial charge in [0.15, 0.2) is 6.10 Å². The van der Waals surface area contributed by atoms with Gasteiger partial charge in [0.05, 0.1) is 0 Å². The lowest BCUT2D eigenvalue weighted by Gasteiger charge is -2.21. The topological polar surface area (TPSA) is 46.5 Å². The summed E-state index contributed by atoms with van der Waals surface area (Å²) in [5, 5.41) is 8.85. The number of carboxylic acids is 1. The van der Waals surface area contributed by atoms with Crippen LogP contribution in [0.2, 0.25) is 0 Å². The van der Waals surface area contributed by atoms with E-state index >= 15 is 0 Å². The third-order valence-corrected chi connectivity index (χ3v) is 3.31. The van der Waals surface area contributed by atoms with Crippen LogP contribution in [0.3, 0.4) is 0 Å². The third kappa shape index (κ3) is 3.54. The van der Waals surface area contributed by atoms with E-state index in [1.165, 1.54) is 12.8 Å². The molecule has 2 rings (SSSR count). The molecule has 0 aromatic carbocycles. The summed E-state index contributed by atoms with van der Waals surface area (Å²) in [6, 6.07) is 0. The van der Waals surface area contributed by atoms with Crippen LogP contribution in [0.4, 0.5) is 0 Å². The fourth-order valence-electron chi connectivity index (χ4n) is 1.66. The van der Waals surface area contributed by atoms with Gasteiger partial charge in [0.25, 0.3) is 0 Å². The zero-order valence-electron chi connectivity index (χ0n) is 9.60.